The summed E-state index contributed by atoms with van der Waals surface area (Å²) in [6, 6.07) is 7.88. The Bertz CT molecular complexity index is 2390. The summed E-state index contributed by atoms with van der Waals surface area (Å²) in [4.78, 5) is 78.6. The lowest BCUT2D eigenvalue weighted by Gasteiger charge is -2.37. The van der Waals surface area contributed by atoms with Crippen molar-refractivity contribution in [1.29, 1.82) is 0 Å². The third-order valence-electron chi connectivity index (χ3n) is 13.0. The van der Waals surface area contributed by atoms with Crippen LogP contribution >= 0.6 is 11.3 Å². The number of carbonyl (C=O) groups excluding carboxylic acids is 5. The summed E-state index contributed by atoms with van der Waals surface area (Å²) >= 11 is 1.44. The average Bonchev–Trinajstić information content (AvgIpc) is 4.07. The number of hydrazine groups is 1. The highest BCUT2D eigenvalue weighted by molar-refractivity contribution is 7.10. The second-order valence-electron chi connectivity index (χ2n) is 18.7. The van der Waals surface area contributed by atoms with Crippen LogP contribution in [0.5, 0.6) is 0 Å². The molecule has 6 heterocycles. The first-order chi connectivity index (χ1) is 31.6. The number of aryl methyl sites for hydroxylation is 1. The van der Waals surface area contributed by atoms with Crippen molar-refractivity contribution >= 4 is 52.7 Å². The summed E-state index contributed by atoms with van der Waals surface area (Å²) < 4.78 is 14.3. The Labute approximate surface area is 393 Å². The summed E-state index contributed by atoms with van der Waals surface area (Å²) in [5.74, 6) is -1.75. The molecule has 0 radical (unpaired) electrons. The number of hydrogen-bond donors (Lipinski definition) is 2. The molecule has 4 aromatic rings. The van der Waals surface area contributed by atoms with Crippen LogP contribution in [-0.2, 0) is 52.8 Å². The molecule has 0 spiro atoms. The lowest BCUT2D eigenvalue weighted by atomic mass is 9.84. The zero-order valence-electron chi connectivity index (χ0n) is 40.1. The minimum atomic E-state index is -1.03. The van der Waals surface area contributed by atoms with E-state index in [1.807, 2.05) is 52.0 Å². The summed E-state index contributed by atoms with van der Waals surface area (Å²) in [7, 11) is 3.39. The number of rotatable bonds is 11. The Morgan fingerprint density at radius 1 is 1.15 bits per heavy atom. The number of thiazole rings is 1. The number of methoxy groups -OCH3 is 1. The van der Waals surface area contributed by atoms with Crippen molar-refractivity contribution in [3.05, 3.63) is 70.3 Å². The van der Waals surface area contributed by atoms with E-state index in [-0.39, 0.29) is 42.8 Å². The molecule has 3 aliphatic heterocycles. The number of carbonyl (C=O) groups is 5. The number of ether oxygens (including phenoxy) is 2. The van der Waals surface area contributed by atoms with Crippen molar-refractivity contribution in [2.45, 2.75) is 111 Å². The van der Waals surface area contributed by atoms with Gasteiger partial charge in [0.2, 0.25) is 11.8 Å². The SMILES string of the molecule is C/C=C/CN1CCC(C(=O)N(C)C(C(=O)NC2Cc3nc(cs3)-c3ccc4c(c3)c(c(-c3cccnc3C(C)OC)n4CC)CC(C)(C)COC(=O)C3CCCN(N3)C2=O)C(C)C)C1.C=O. The number of esters is 1. The fourth-order valence-electron chi connectivity index (χ4n) is 9.63. The van der Waals surface area contributed by atoms with Gasteiger partial charge in [-0.2, -0.15) is 0 Å². The highest BCUT2D eigenvalue weighted by atomic mass is 32.1. The van der Waals surface area contributed by atoms with Crippen molar-refractivity contribution in [2.75, 3.05) is 46.9 Å². The number of allylic oxidation sites excluding steroid dienone is 1. The highest BCUT2D eigenvalue weighted by Crippen LogP contribution is 2.42. The number of nitrogens with zero attached hydrogens (tertiary/aromatic N) is 6. The van der Waals surface area contributed by atoms with E-state index in [1.54, 1.807) is 25.3 Å². The lowest BCUT2D eigenvalue weighted by Crippen LogP contribution is -2.62. The minimum absolute atomic E-state index is 0.0772. The molecule has 5 unspecified atom stereocenters. The first kappa shape index (κ1) is 50.1. The summed E-state index contributed by atoms with van der Waals surface area (Å²) in [6.07, 6.45) is 8.14. The van der Waals surface area contributed by atoms with Crippen molar-refractivity contribution in [1.82, 2.24) is 40.1 Å². The van der Waals surface area contributed by atoms with E-state index in [0.29, 0.717) is 43.9 Å². The number of aromatic nitrogens is 3. The number of fused-ring (bicyclic) bond motifs is 6. The van der Waals surface area contributed by atoms with E-state index in [0.717, 1.165) is 64.2 Å². The van der Waals surface area contributed by atoms with Crippen molar-refractivity contribution in [3.63, 3.8) is 0 Å². The Balaban J connectivity index is 0.00000355. The maximum Gasteiger partial charge on any atom is 0.324 e. The van der Waals surface area contributed by atoms with Crippen molar-refractivity contribution < 1.29 is 33.4 Å². The Kier molecular flexibility index (Phi) is 16.7. The normalized spacial score (nSPS) is 21.2. The maximum atomic E-state index is 14.6. The molecule has 5 atom stereocenters. The van der Waals surface area contributed by atoms with Gasteiger partial charge in [0.1, 0.15) is 24.9 Å². The third kappa shape index (κ3) is 10.9. The van der Waals surface area contributed by atoms with Gasteiger partial charge in [0.05, 0.1) is 40.7 Å². The number of amides is 3. The molecule has 0 saturated carbocycles. The summed E-state index contributed by atoms with van der Waals surface area (Å²) in [5, 5.41) is 8.26. The summed E-state index contributed by atoms with van der Waals surface area (Å²) in [5.41, 5.74) is 9.42. The van der Waals surface area contributed by atoms with Crippen LogP contribution in [0, 0.1) is 17.3 Å². The van der Waals surface area contributed by atoms with Gasteiger partial charge in [-0.05, 0) is 88.7 Å². The first-order valence-electron chi connectivity index (χ1n) is 23.2. The van der Waals surface area contributed by atoms with Crippen LogP contribution < -0.4 is 10.7 Å². The Morgan fingerprint density at radius 3 is 2.64 bits per heavy atom. The van der Waals surface area contributed by atoms with E-state index in [4.69, 9.17) is 24.2 Å². The van der Waals surface area contributed by atoms with Crippen LogP contribution in [0.3, 0.4) is 0 Å². The van der Waals surface area contributed by atoms with E-state index in [2.05, 4.69) is 71.3 Å². The van der Waals surface area contributed by atoms with Gasteiger partial charge in [-0.3, -0.25) is 34.1 Å². The summed E-state index contributed by atoms with van der Waals surface area (Å²) in [6.45, 7) is 19.6. The number of hydrogen-bond acceptors (Lipinski definition) is 12. The van der Waals surface area contributed by atoms with Gasteiger partial charge in [0.15, 0.2) is 0 Å². The van der Waals surface area contributed by atoms with Gasteiger partial charge in [-0.25, -0.2) is 10.4 Å². The molecular weight excluding hydrogens is 857 g/mol. The van der Waals surface area contributed by atoms with Gasteiger partial charge in [0, 0.05) is 85.8 Å². The van der Waals surface area contributed by atoms with Crippen LogP contribution in [0.2, 0.25) is 0 Å². The van der Waals surface area contributed by atoms with Crippen LogP contribution in [0.15, 0.2) is 54.1 Å². The van der Waals surface area contributed by atoms with E-state index in [9.17, 15) is 19.2 Å². The molecule has 16 heteroatoms. The highest BCUT2D eigenvalue weighted by Gasteiger charge is 2.40. The molecule has 356 valence electrons. The molecular formula is C50H68N8O7S. The minimum Gasteiger partial charge on any atom is -0.464 e. The van der Waals surface area contributed by atoms with E-state index < -0.39 is 35.4 Å². The molecule has 7 rings (SSSR count). The van der Waals surface area contributed by atoms with Gasteiger partial charge in [-0.1, -0.05) is 45.9 Å². The van der Waals surface area contributed by atoms with Crippen LogP contribution in [0.4, 0.5) is 0 Å². The predicted octanol–water partition coefficient (Wildman–Crippen LogP) is 6.40. The Hall–Kier alpha value is -5.29. The fraction of sp³-hybridized carbons (Fsp3) is 0.540. The first-order valence-corrected chi connectivity index (χ1v) is 24.0. The quantitative estimate of drug-likeness (QED) is 0.126. The molecule has 3 aromatic heterocycles. The van der Waals surface area contributed by atoms with E-state index >= 15 is 0 Å². The standard InChI is InChI=1S/C49H66N8O6S.CH2O/c1-10-12-21-55-23-19-33(27-55)46(59)54(8)43(30(3)4)45(58)52-38-25-41-51-39(28-64-41)32-17-18-40-35(24-32)36(44(56(40)11-2)34-15-13-20-50-42(34)31(5)62-9)26-49(6,7)29-63-48(61)37-16-14-22-57(53-37)47(38)60;1-2/h10,12-13,15,17-18,20,24,28,30-31,33,37-38,43,53H,11,14,16,19,21-23,25-27,29H2,1-9H3,(H,52,58);1H2/b12-10+;. The van der Waals surface area contributed by atoms with Crippen LogP contribution in [-0.4, -0.2) is 125 Å². The third-order valence-corrected chi connectivity index (χ3v) is 13.9. The maximum absolute atomic E-state index is 14.6. The number of cyclic esters (lactones) is 1. The predicted molar refractivity (Wildman–Crippen MR) is 257 cm³/mol. The van der Waals surface area contributed by atoms with Gasteiger partial charge < -0.3 is 29.1 Å². The molecule has 2 N–H and O–H groups in total. The van der Waals surface area contributed by atoms with E-state index in [1.165, 1.54) is 16.3 Å². The molecule has 2 saturated heterocycles. The topological polar surface area (TPSA) is 168 Å². The molecule has 66 heavy (non-hydrogen) atoms. The molecule has 3 aliphatic rings. The number of likely N-dealkylation sites (tertiary alicyclic amines) is 1. The van der Waals surface area contributed by atoms with Crippen molar-refractivity contribution in [3.8, 4) is 22.5 Å². The Morgan fingerprint density at radius 2 is 1.92 bits per heavy atom. The largest absolute Gasteiger partial charge is 0.464 e. The molecule has 2 fully saturated rings. The molecule has 3 amide bonds. The van der Waals surface area contributed by atoms with Crippen LogP contribution in [0.25, 0.3) is 33.4 Å². The second kappa shape index (κ2) is 22.0. The molecule has 15 nitrogen and oxygen atoms in total. The number of likely N-dealkylation sites (N-methyl/N-ethyl adjacent to an activating group) is 1. The molecule has 0 aliphatic carbocycles. The van der Waals surface area contributed by atoms with Gasteiger partial charge in [-0.15, -0.1) is 11.3 Å². The smallest absolute Gasteiger partial charge is 0.324 e. The number of benzene rings is 1. The number of nitrogens with one attached hydrogen (secondary N) is 2. The van der Waals surface area contributed by atoms with Crippen molar-refractivity contribution in [2.24, 2.45) is 17.3 Å². The lowest BCUT2D eigenvalue weighted by molar-refractivity contribution is -0.155. The van der Waals surface area contributed by atoms with Gasteiger partial charge >= 0.3 is 5.97 Å². The second-order valence-corrected chi connectivity index (χ2v) is 19.7. The average molecular weight is 925 g/mol. The monoisotopic (exact) mass is 924 g/mol. The molecule has 1 aromatic carbocycles. The van der Waals surface area contributed by atoms with Crippen LogP contribution in [0.1, 0.15) is 90.1 Å². The van der Waals surface area contributed by atoms with Gasteiger partial charge in [0.25, 0.3) is 5.91 Å². The fourth-order valence-corrected chi connectivity index (χ4v) is 10.5. The zero-order chi connectivity index (χ0) is 47.9. The number of pyridine rings is 1. The molecule has 6 bridgehead atoms. The zero-order valence-corrected chi connectivity index (χ0v) is 40.9.